The Morgan fingerprint density at radius 1 is 1.05 bits per heavy atom. The second-order valence-electron chi connectivity index (χ2n) is 4.43. The molecule has 0 amide bonds. The Morgan fingerprint density at radius 2 is 1.80 bits per heavy atom. The van der Waals surface area contributed by atoms with Gasteiger partial charge in [-0.3, -0.25) is 4.98 Å². The van der Waals surface area contributed by atoms with Gasteiger partial charge in [-0.25, -0.2) is 0 Å². The van der Waals surface area contributed by atoms with Crippen LogP contribution in [0.25, 0.3) is 11.5 Å². The molecule has 0 saturated heterocycles. The van der Waals surface area contributed by atoms with E-state index in [1.165, 1.54) is 5.56 Å². The third kappa shape index (κ3) is 2.83. The van der Waals surface area contributed by atoms with E-state index in [-0.39, 0.29) is 0 Å². The van der Waals surface area contributed by atoms with E-state index in [1.54, 1.807) is 19.3 Å². The minimum absolute atomic E-state index is 0.545. The number of rotatable bonds is 4. The topological polar surface area (TPSA) is 63.8 Å². The van der Waals surface area contributed by atoms with E-state index < -0.39 is 0 Å². The third-order valence-corrected chi connectivity index (χ3v) is 2.91. The summed E-state index contributed by atoms with van der Waals surface area (Å²) in [6.07, 6.45) is 3.58. The standard InChI is InChI=1S/C15H14N4O/c1-11-18-15(20-19-11)13-2-4-14(5-3-13)17-10-12-6-8-16-9-7-12/h2-9,17H,10H2,1H3. The molecule has 1 aromatic carbocycles. The van der Waals surface area contributed by atoms with E-state index in [0.29, 0.717) is 11.7 Å². The number of nitrogens with zero attached hydrogens (tertiary/aromatic N) is 3. The van der Waals surface area contributed by atoms with Gasteiger partial charge >= 0.3 is 0 Å². The highest BCUT2D eigenvalue weighted by atomic mass is 16.5. The van der Waals surface area contributed by atoms with Crippen molar-refractivity contribution in [3.05, 3.63) is 60.2 Å². The number of pyridine rings is 1. The summed E-state index contributed by atoms with van der Waals surface area (Å²) >= 11 is 0. The van der Waals surface area contributed by atoms with Crippen LogP contribution in [-0.2, 0) is 6.54 Å². The monoisotopic (exact) mass is 266 g/mol. The van der Waals surface area contributed by atoms with Gasteiger partial charge in [-0.2, -0.15) is 4.98 Å². The first-order valence-corrected chi connectivity index (χ1v) is 6.35. The predicted molar refractivity (Wildman–Crippen MR) is 76.0 cm³/mol. The summed E-state index contributed by atoms with van der Waals surface area (Å²) in [7, 11) is 0. The van der Waals surface area contributed by atoms with Crippen LogP contribution in [0, 0.1) is 6.92 Å². The maximum Gasteiger partial charge on any atom is 0.257 e. The Labute approximate surface area is 116 Å². The van der Waals surface area contributed by atoms with Crippen LogP contribution in [0.5, 0.6) is 0 Å². The molecule has 2 heterocycles. The lowest BCUT2D eigenvalue weighted by Crippen LogP contribution is -1.98. The average molecular weight is 266 g/mol. The lowest BCUT2D eigenvalue weighted by atomic mass is 10.2. The summed E-state index contributed by atoms with van der Waals surface area (Å²) in [5.74, 6) is 1.18. The van der Waals surface area contributed by atoms with Crippen LogP contribution in [0.2, 0.25) is 0 Å². The van der Waals surface area contributed by atoms with Crippen molar-refractivity contribution in [2.45, 2.75) is 13.5 Å². The van der Waals surface area contributed by atoms with Crippen LogP contribution in [0.1, 0.15) is 11.4 Å². The van der Waals surface area contributed by atoms with Gasteiger partial charge in [-0.1, -0.05) is 5.16 Å². The van der Waals surface area contributed by atoms with Crippen LogP contribution in [-0.4, -0.2) is 15.1 Å². The number of anilines is 1. The van der Waals surface area contributed by atoms with Gasteiger partial charge in [0.25, 0.3) is 5.89 Å². The maximum atomic E-state index is 5.13. The molecule has 0 bridgehead atoms. The molecule has 100 valence electrons. The first-order valence-electron chi connectivity index (χ1n) is 6.35. The minimum atomic E-state index is 0.545. The molecule has 3 rings (SSSR count). The fraction of sp³-hybridized carbons (Fsp3) is 0.133. The van der Waals surface area contributed by atoms with Gasteiger partial charge in [-0.05, 0) is 48.9 Å². The number of hydrogen-bond acceptors (Lipinski definition) is 5. The molecule has 1 N–H and O–H groups in total. The number of hydrogen-bond donors (Lipinski definition) is 1. The number of aryl methyl sites for hydroxylation is 1. The zero-order valence-corrected chi connectivity index (χ0v) is 11.1. The Kier molecular flexibility index (Phi) is 3.41. The van der Waals surface area contributed by atoms with Crippen LogP contribution in [0.4, 0.5) is 5.69 Å². The van der Waals surface area contributed by atoms with Crippen molar-refractivity contribution in [2.75, 3.05) is 5.32 Å². The largest absolute Gasteiger partial charge is 0.381 e. The molecule has 0 aliphatic rings. The molecule has 2 aromatic heterocycles. The zero-order chi connectivity index (χ0) is 13.8. The first kappa shape index (κ1) is 12.3. The summed E-state index contributed by atoms with van der Waals surface area (Å²) in [4.78, 5) is 8.20. The molecular formula is C15H14N4O. The van der Waals surface area contributed by atoms with Crippen molar-refractivity contribution in [1.29, 1.82) is 0 Å². The van der Waals surface area contributed by atoms with Crippen molar-refractivity contribution >= 4 is 5.69 Å². The van der Waals surface area contributed by atoms with E-state index in [4.69, 9.17) is 4.52 Å². The Bertz CT molecular complexity index is 677. The summed E-state index contributed by atoms with van der Waals surface area (Å²) < 4.78 is 5.13. The normalized spacial score (nSPS) is 10.4. The smallest absolute Gasteiger partial charge is 0.257 e. The van der Waals surface area contributed by atoms with E-state index in [2.05, 4.69) is 20.4 Å². The first-order chi connectivity index (χ1) is 9.81. The van der Waals surface area contributed by atoms with Crippen molar-refractivity contribution in [3.8, 4) is 11.5 Å². The quantitative estimate of drug-likeness (QED) is 0.786. The lowest BCUT2D eigenvalue weighted by Gasteiger charge is -2.06. The molecule has 0 atom stereocenters. The van der Waals surface area contributed by atoms with Crippen LogP contribution >= 0.6 is 0 Å². The zero-order valence-electron chi connectivity index (χ0n) is 11.1. The molecule has 5 nitrogen and oxygen atoms in total. The third-order valence-electron chi connectivity index (χ3n) is 2.91. The molecule has 0 aliphatic carbocycles. The van der Waals surface area contributed by atoms with E-state index in [0.717, 1.165) is 17.8 Å². The van der Waals surface area contributed by atoms with Gasteiger partial charge in [0.05, 0.1) is 0 Å². The van der Waals surface area contributed by atoms with Crippen molar-refractivity contribution < 1.29 is 4.52 Å². The van der Waals surface area contributed by atoms with Gasteiger partial charge in [-0.15, -0.1) is 0 Å². The molecule has 0 spiro atoms. The van der Waals surface area contributed by atoms with Gasteiger partial charge in [0.2, 0.25) is 0 Å². The molecule has 20 heavy (non-hydrogen) atoms. The predicted octanol–water partition coefficient (Wildman–Crippen LogP) is 3.05. The molecule has 0 aliphatic heterocycles. The molecular weight excluding hydrogens is 252 g/mol. The highest BCUT2D eigenvalue weighted by molar-refractivity contribution is 5.58. The van der Waals surface area contributed by atoms with Crippen molar-refractivity contribution in [3.63, 3.8) is 0 Å². The van der Waals surface area contributed by atoms with E-state index in [1.807, 2.05) is 36.4 Å². The summed E-state index contributed by atoms with van der Waals surface area (Å²) in [6, 6.07) is 11.9. The van der Waals surface area contributed by atoms with E-state index in [9.17, 15) is 0 Å². The number of benzene rings is 1. The van der Waals surface area contributed by atoms with E-state index >= 15 is 0 Å². The number of aromatic nitrogens is 3. The highest BCUT2D eigenvalue weighted by Crippen LogP contribution is 2.19. The SMILES string of the molecule is Cc1noc(-c2ccc(NCc3ccncc3)cc2)n1. The minimum Gasteiger partial charge on any atom is -0.381 e. The second-order valence-corrected chi connectivity index (χ2v) is 4.43. The summed E-state index contributed by atoms with van der Waals surface area (Å²) in [5, 5.41) is 7.13. The Balaban J connectivity index is 1.67. The molecule has 5 heteroatoms. The lowest BCUT2D eigenvalue weighted by molar-refractivity contribution is 0.425. The molecule has 0 unspecified atom stereocenters. The van der Waals surface area contributed by atoms with Gasteiger partial charge in [0.1, 0.15) is 0 Å². The van der Waals surface area contributed by atoms with Gasteiger partial charge in [0, 0.05) is 30.2 Å². The second kappa shape index (κ2) is 5.52. The van der Waals surface area contributed by atoms with Crippen molar-refractivity contribution in [2.24, 2.45) is 0 Å². The molecule has 0 radical (unpaired) electrons. The number of nitrogens with one attached hydrogen (secondary N) is 1. The molecule has 3 aromatic rings. The Morgan fingerprint density at radius 3 is 2.45 bits per heavy atom. The van der Waals surface area contributed by atoms with Gasteiger partial charge in [0.15, 0.2) is 5.82 Å². The maximum absolute atomic E-state index is 5.13. The van der Waals surface area contributed by atoms with Crippen molar-refractivity contribution in [1.82, 2.24) is 15.1 Å². The van der Waals surface area contributed by atoms with Crippen LogP contribution in [0.3, 0.4) is 0 Å². The molecule has 0 fully saturated rings. The summed E-state index contributed by atoms with van der Waals surface area (Å²) in [6.45, 7) is 2.57. The Hall–Kier alpha value is -2.69. The summed E-state index contributed by atoms with van der Waals surface area (Å²) in [5.41, 5.74) is 3.15. The highest BCUT2D eigenvalue weighted by Gasteiger charge is 2.05. The van der Waals surface area contributed by atoms with Gasteiger partial charge < -0.3 is 9.84 Å². The average Bonchev–Trinajstić information content (AvgIpc) is 2.93. The fourth-order valence-corrected chi connectivity index (χ4v) is 1.85. The molecule has 0 saturated carbocycles. The van der Waals surface area contributed by atoms with Crippen LogP contribution in [0.15, 0.2) is 53.3 Å². The fourth-order valence-electron chi connectivity index (χ4n) is 1.85. The van der Waals surface area contributed by atoms with Crippen LogP contribution < -0.4 is 5.32 Å².